The minimum absolute atomic E-state index is 0.0828. The van der Waals surface area contributed by atoms with Gasteiger partial charge in [-0.05, 0) is 49.6 Å². The Kier molecular flexibility index (Phi) is 14.6. The fourth-order valence-electron chi connectivity index (χ4n) is 4.02. The second kappa shape index (κ2) is 16.8. The van der Waals surface area contributed by atoms with Crippen LogP contribution in [0.4, 0.5) is 0 Å². The normalized spacial score (nSPS) is 14.0. The van der Waals surface area contributed by atoms with Crippen LogP contribution in [0.5, 0.6) is 0 Å². The zero-order valence-electron chi connectivity index (χ0n) is 22.2. The van der Waals surface area contributed by atoms with Crippen molar-refractivity contribution in [2.24, 2.45) is 35.1 Å². The van der Waals surface area contributed by atoms with Crippen molar-refractivity contribution in [2.45, 2.75) is 65.8 Å². The van der Waals surface area contributed by atoms with E-state index in [0.717, 1.165) is 18.4 Å². The number of amides is 3. The predicted octanol–water partition coefficient (Wildman–Crippen LogP) is 2.85. The van der Waals surface area contributed by atoms with Gasteiger partial charge in [-0.25, -0.2) is 5.48 Å². The second-order valence-electron chi connectivity index (χ2n) is 10.1. The molecule has 0 saturated heterocycles. The molecule has 9 heteroatoms. The molecule has 0 bridgehead atoms. The van der Waals surface area contributed by atoms with Crippen LogP contribution in [0.15, 0.2) is 36.4 Å². The Bertz CT molecular complexity index is 829. The first-order valence-corrected chi connectivity index (χ1v) is 12.8. The van der Waals surface area contributed by atoms with Gasteiger partial charge >= 0.3 is 0 Å². The summed E-state index contributed by atoms with van der Waals surface area (Å²) in [6.45, 7) is 8.60. The average molecular weight is 504 g/mol. The fraction of sp³-hybridized carbons (Fsp3) is 0.593. The van der Waals surface area contributed by atoms with Crippen LogP contribution >= 0.6 is 0 Å². The molecule has 0 spiro atoms. The summed E-state index contributed by atoms with van der Waals surface area (Å²) in [5.74, 6) is -2.88. The molecule has 202 valence electrons. The predicted molar refractivity (Wildman–Crippen MR) is 142 cm³/mol. The van der Waals surface area contributed by atoms with Crippen molar-refractivity contribution in [3.8, 4) is 0 Å². The van der Waals surface area contributed by atoms with Gasteiger partial charge in [-0.2, -0.15) is 0 Å². The van der Waals surface area contributed by atoms with Gasteiger partial charge in [-0.3, -0.25) is 30.0 Å². The van der Waals surface area contributed by atoms with E-state index >= 15 is 0 Å². The molecule has 0 radical (unpaired) electrons. The van der Waals surface area contributed by atoms with Crippen molar-refractivity contribution in [3.63, 3.8) is 0 Å². The SMILES string of the molecule is CC(C)C[C@@H](C(=O)NN(CC(C)C)C(=O)[C@H](N)CCCCN)[C@H](CC=Cc1ccccc1)C(=O)NO. The van der Waals surface area contributed by atoms with Gasteiger partial charge in [-0.1, -0.05) is 76.6 Å². The van der Waals surface area contributed by atoms with E-state index in [4.69, 9.17) is 11.5 Å². The molecule has 9 nitrogen and oxygen atoms in total. The van der Waals surface area contributed by atoms with E-state index in [1.165, 1.54) is 5.01 Å². The molecule has 0 aliphatic heterocycles. The Morgan fingerprint density at radius 1 is 1.00 bits per heavy atom. The van der Waals surface area contributed by atoms with E-state index in [0.29, 0.717) is 19.4 Å². The standard InChI is InChI=1S/C27H45N5O4/c1-19(2)17-23(22(26(34)31-36)14-10-13-21-11-6-5-7-12-21)25(33)30-32(18-20(3)4)27(35)24(29)15-8-9-16-28/h5-7,10-13,19-20,22-24,36H,8-9,14-18,28-29H2,1-4H3,(H,30,33)(H,31,34)/t22-,23+,24+/m0/s1. The molecule has 0 aliphatic rings. The third kappa shape index (κ3) is 11.3. The Morgan fingerprint density at radius 3 is 2.22 bits per heavy atom. The van der Waals surface area contributed by atoms with E-state index in [1.807, 2.05) is 70.2 Å². The lowest BCUT2D eigenvalue weighted by atomic mass is 9.82. The highest BCUT2D eigenvalue weighted by Crippen LogP contribution is 2.26. The maximum atomic E-state index is 13.5. The topological polar surface area (TPSA) is 151 Å². The monoisotopic (exact) mass is 503 g/mol. The number of hydroxylamine groups is 1. The number of nitrogens with zero attached hydrogens (tertiary/aromatic N) is 1. The molecule has 0 heterocycles. The minimum Gasteiger partial charge on any atom is -0.330 e. The second-order valence-corrected chi connectivity index (χ2v) is 10.1. The Balaban J connectivity index is 3.12. The summed E-state index contributed by atoms with van der Waals surface area (Å²) in [4.78, 5) is 39.2. The smallest absolute Gasteiger partial charge is 0.257 e. The molecule has 7 N–H and O–H groups in total. The van der Waals surface area contributed by atoms with E-state index in [2.05, 4.69) is 5.43 Å². The molecule has 3 atom stereocenters. The lowest BCUT2D eigenvalue weighted by Gasteiger charge is -2.31. The zero-order valence-corrected chi connectivity index (χ0v) is 22.2. The van der Waals surface area contributed by atoms with Gasteiger partial charge in [0.15, 0.2) is 0 Å². The Morgan fingerprint density at radius 2 is 1.67 bits per heavy atom. The summed E-state index contributed by atoms with van der Waals surface area (Å²) < 4.78 is 0. The summed E-state index contributed by atoms with van der Waals surface area (Å²) in [6, 6.07) is 8.84. The molecule has 1 aromatic carbocycles. The number of benzene rings is 1. The minimum atomic E-state index is -0.827. The van der Waals surface area contributed by atoms with Crippen LogP contribution < -0.4 is 22.4 Å². The lowest BCUT2D eigenvalue weighted by molar-refractivity contribution is -0.148. The Hall–Kier alpha value is -2.75. The number of allylic oxidation sites excluding steroid dienone is 1. The highest BCUT2D eigenvalue weighted by atomic mass is 16.5. The van der Waals surface area contributed by atoms with Gasteiger partial charge in [0.25, 0.3) is 5.91 Å². The van der Waals surface area contributed by atoms with Gasteiger partial charge in [0.1, 0.15) is 0 Å². The van der Waals surface area contributed by atoms with E-state index in [9.17, 15) is 19.6 Å². The summed E-state index contributed by atoms with van der Waals surface area (Å²) in [7, 11) is 0. The van der Waals surface area contributed by atoms with Crippen molar-refractivity contribution >= 4 is 23.8 Å². The number of carbonyl (C=O) groups is 3. The highest BCUT2D eigenvalue weighted by Gasteiger charge is 2.35. The molecular formula is C27H45N5O4. The number of nitrogens with two attached hydrogens (primary N) is 2. The number of carbonyl (C=O) groups excluding carboxylic acids is 3. The third-order valence-corrected chi connectivity index (χ3v) is 5.84. The summed E-state index contributed by atoms with van der Waals surface area (Å²) in [6.07, 6.45) is 6.28. The molecule has 0 unspecified atom stereocenters. The molecule has 36 heavy (non-hydrogen) atoms. The largest absolute Gasteiger partial charge is 0.330 e. The van der Waals surface area contributed by atoms with Crippen LogP contribution in [-0.2, 0) is 14.4 Å². The quantitative estimate of drug-likeness (QED) is 0.141. The van der Waals surface area contributed by atoms with Crippen LogP contribution in [0.2, 0.25) is 0 Å². The van der Waals surface area contributed by atoms with Crippen molar-refractivity contribution in [1.29, 1.82) is 0 Å². The van der Waals surface area contributed by atoms with Crippen LogP contribution in [0.25, 0.3) is 6.08 Å². The molecule has 0 saturated carbocycles. The van der Waals surface area contributed by atoms with Crippen molar-refractivity contribution < 1.29 is 19.6 Å². The van der Waals surface area contributed by atoms with Gasteiger partial charge in [-0.15, -0.1) is 0 Å². The first-order valence-electron chi connectivity index (χ1n) is 12.8. The molecule has 3 amide bonds. The van der Waals surface area contributed by atoms with Gasteiger partial charge in [0.05, 0.1) is 17.9 Å². The average Bonchev–Trinajstić information content (AvgIpc) is 2.84. The molecule has 0 aromatic heterocycles. The molecule has 1 aromatic rings. The van der Waals surface area contributed by atoms with Gasteiger partial charge in [0, 0.05) is 6.54 Å². The number of hydrogen-bond acceptors (Lipinski definition) is 6. The molecule has 1 rings (SSSR count). The Labute approximate surface area is 215 Å². The summed E-state index contributed by atoms with van der Waals surface area (Å²) >= 11 is 0. The zero-order chi connectivity index (χ0) is 27.1. The summed E-state index contributed by atoms with van der Waals surface area (Å²) in [5, 5.41) is 10.7. The van der Waals surface area contributed by atoms with Gasteiger partial charge in [0.2, 0.25) is 11.8 Å². The van der Waals surface area contributed by atoms with E-state index in [1.54, 1.807) is 5.48 Å². The molecule has 0 fully saturated rings. The summed E-state index contributed by atoms with van der Waals surface area (Å²) in [5.41, 5.74) is 17.1. The van der Waals surface area contributed by atoms with Crippen molar-refractivity contribution in [1.82, 2.24) is 15.9 Å². The highest BCUT2D eigenvalue weighted by molar-refractivity contribution is 5.89. The van der Waals surface area contributed by atoms with Gasteiger partial charge < -0.3 is 11.5 Å². The maximum Gasteiger partial charge on any atom is 0.257 e. The molecular weight excluding hydrogens is 458 g/mol. The first-order chi connectivity index (χ1) is 17.1. The fourth-order valence-corrected chi connectivity index (χ4v) is 4.02. The third-order valence-electron chi connectivity index (χ3n) is 5.84. The molecule has 0 aliphatic carbocycles. The van der Waals surface area contributed by atoms with Crippen molar-refractivity contribution in [2.75, 3.05) is 13.1 Å². The lowest BCUT2D eigenvalue weighted by Crippen LogP contribution is -2.56. The maximum absolute atomic E-state index is 13.5. The van der Waals surface area contributed by atoms with Crippen LogP contribution in [0, 0.1) is 23.7 Å². The van der Waals surface area contributed by atoms with Crippen molar-refractivity contribution in [3.05, 3.63) is 42.0 Å². The number of hydrazine groups is 1. The number of hydrogen-bond donors (Lipinski definition) is 5. The number of nitrogens with one attached hydrogen (secondary N) is 2. The van der Waals surface area contributed by atoms with Crippen LogP contribution in [-0.4, -0.2) is 47.1 Å². The van der Waals surface area contributed by atoms with Crippen LogP contribution in [0.1, 0.15) is 65.4 Å². The number of rotatable bonds is 15. The van der Waals surface area contributed by atoms with E-state index < -0.39 is 29.7 Å². The first kappa shape index (κ1) is 31.3. The number of unbranched alkanes of at least 4 members (excludes halogenated alkanes) is 1. The van der Waals surface area contributed by atoms with Crippen LogP contribution in [0.3, 0.4) is 0 Å². The van der Waals surface area contributed by atoms with E-state index in [-0.39, 0.29) is 30.7 Å².